The van der Waals surface area contributed by atoms with E-state index >= 15 is 0 Å². The quantitative estimate of drug-likeness (QED) is 0.272. The lowest BCUT2D eigenvalue weighted by Crippen LogP contribution is -2.54. The maximum atomic E-state index is 14.3. The van der Waals surface area contributed by atoms with Crippen molar-refractivity contribution >= 4 is 39.1 Å². The van der Waals surface area contributed by atoms with E-state index in [4.69, 9.17) is 11.6 Å². The van der Waals surface area contributed by atoms with Crippen molar-refractivity contribution in [1.82, 2.24) is 10.2 Å². The third-order valence-electron chi connectivity index (χ3n) is 8.09. The Labute approximate surface area is 254 Å². The molecular weight excluding hydrogens is 570 g/mol. The van der Waals surface area contributed by atoms with Crippen LogP contribution >= 0.6 is 11.6 Å². The number of aryl methyl sites for hydroxylation is 1. The van der Waals surface area contributed by atoms with Crippen molar-refractivity contribution in [2.75, 3.05) is 10.8 Å². The molecule has 3 aromatic rings. The minimum absolute atomic E-state index is 0.0706. The second kappa shape index (κ2) is 14.2. The van der Waals surface area contributed by atoms with Crippen molar-refractivity contribution in [3.05, 3.63) is 94.5 Å². The molecule has 0 heterocycles. The van der Waals surface area contributed by atoms with Crippen molar-refractivity contribution in [1.29, 1.82) is 0 Å². The Morgan fingerprint density at radius 2 is 1.60 bits per heavy atom. The van der Waals surface area contributed by atoms with Crippen LogP contribution in [-0.4, -0.2) is 43.8 Å². The number of nitrogens with zero attached hydrogens (tertiary/aromatic N) is 2. The number of halogens is 1. The number of carbonyl (C=O) groups excluding carboxylic acids is 2. The maximum absolute atomic E-state index is 14.3. The van der Waals surface area contributed by atoms with Gasteiger partial charge in [-0.2, -0.15) is 0 Å². The van der Waals surface area contributed by atoms with Crippen LogP contribution in [0.15, 0.2) is 77.7 Å². The van der Waals surface area contributed by atoms with Crippen LogP contribution in [0, 0.1) is 13.8 Å². The average Bonchev–Trinajstić information content (AvgIpc) is 2.99. The average molecular weight is 610 g/mol. The summed E-state index contributed by atoms with van der Waals surface area (Å²) in [6, 6.07) is 20.0. The molecule has 1 aliphatic carbocycles. The molecule has 0 spiro atoms. The van der Waals surface area contributed by atoms with Gasteiger partial charge in [0.1, 0.15) is 12.6 Å². The van der Waals surface area contributed by atoms with E-state index in [2.05, 4.69) is 5.32 Å². The first-order valence-corrected chi connectivity index (χ1v) is 16.4. The van der Waals surface area contributed by atoms with Gasteiger partial charge in [-0.05, 0) is 74.1 Å². The Morgan fingerprint density at radius 1 is 0.929 bits per heavy atom. The summed E-state index contributed by atoms with van der Waals surface area (Å²) in [6.45, 7) is 5.21. The lowest BCUT2D eigenvalue weighted by Gasteiger charge is -2.35. The molecule has 224 valence electrons. The smallest absolute Gasteiger partial charge is 0.264 e. The number of sulfonamides is 1. The fourth-order valence-electron chi connectivity index (χ4n) is 5.51. The van der Waals surface area contributed by atoms with Gasteiger partial charge in [-0.15, -0.1) is 0 Å². The number of hydrogen-bond donors (Lipinski definition) is 1. The second-order valence-corrected chi connectivity index (χ2v) is 13.2. The molecule has 0 radical (unpaired) electrons. The summed E-state index contributed by atoms with van der Waals surface area (Å²) in [6.07, 6.45) is 5.47. The zero-order valence-electron chi connectivity index (χ0n) is 24.6. The highest BCUT2D eigenvalue weighted by Gasteiger charge is 2.35. The van der Waals surface area contributed by atoms with Crippen molar-refractivity contribution in [3.8, 4) is 0 Å². The summed E-state index contributed by atoms with van der Waals surface area (Å²) in [7, 11) is -4.12. The van der Waals surface area contributed by atoms with E-state index in [0.29, 0.717) is 22.7 Å². The zero-order valence-corrected chi connectivity index (χ0v) is 26.1. The van der Waals surface area contributed by atoms with Crippen LogP contribution in [0.3, 0.4) is 0 Å². The molecule has 0 aromatic heterocycles. The van der Waals surface area contributed by atoms with Crippen LogP contribution in [0.25, 0.3) is 0 Å². The normalized spacial score (nSPS) is 14.7. The highest BCUT2D eigenvalue weighted by molar-refractivity contribution is 7.92. The highest BCUT2D eigenvalue weighted by Crippen LogP contribution is 2.30. The van der Waals surface area contributed by atoms with Gasteiger partial charge in [0.05, 0.1) is 10.6 Å². The van der Waals surface area contributed by atoms with Crippen LogP contribution in [0.1, 0.15) is 62.1 Å². The number of carbonyl (C=O) groups is 2. The zero-order chi connectivity index (χ0) is 30.3. The maximum Gasteiger partial charge on any atom is 0.264 e. The highest BCUT2D eigenvalue weighted by atomic mass is 35.5. The number of nitrogens with one attached hydrogen (secondary N) is 1. The molecule has 0 bridgehead atoms. The van der Waals surface area contributed by atoms with Gasteiger partial charge in [-0.25, -0.2) is 8.42 Å². The van der Waals surface area contributed by atoms with Crippen molar-refractivity contribution in [2.24, 2.45) is 0 Å². The summed E-state index contributed by atoms with van der Waals surface area (Å²) in [5.41, 5.74) is 2.76. The number of anilines is 1. The molecule has 0 aliphatic heterocycles. The molecule has 0 unspecified atom stereocenters. The molecular formula is C33H40ClN3O4S. The van der Waals surface area contributed by atoms with Crippen LogP contribution in [-0.2, 0) is 26.2 Å². The van der Waals surface area contributed by atoms with E-state index in [1.54, 1.807) is 42.5 Å². The van der Waals surface area contributed by atoms with Crippen molar-refractivity contribution in [3.63, 3.8) is 0 Å². The SMILES string of the molecule is CC[C@H](C(=O)NC1CCCCC1)N(Cc1ccccc1Cl)C(=O)CN(c1cccc(C)c1C)S(=O)(=O)c1ccccc1. The van der Waals surface area contributed by atoms with E-state index in [0.717, 1.165) is 43.2 Å². The van der Waals surface area contributed by atoms with Gasteiger partial charge in [-0.3, -0.25) is 13.9 Å². The largest absolute Gasteiger partial charge is 0.352 e. The lowest BCUT2D eigenvalue weighted by molar-refractivity contribution is -0.140. The van der Waals surface area contributed by atoms with Gasteiger partial charge < -0.3 is 10.2 Å². The molecule has 1 N–H and O–H groups in total. The van der Waals surface area contributed by atoms with E-state index in [1.165, 1.54) is 21.3 Å². The number of hydrogen-bond acceptors (Lipinski definition) is 4. The minimum Gasteiger partial charge on any atom is -0.352 e. The Kier molecular flexibility index (Phi) is 10.7. The fraction of sp³-hybridized carbons (Fsp3) is 0.394. The van der Waals surface area contributed by atoms with Crippen molar-refractivity contribution < 1.29 is 18.0 Å². The molecule has 0 saturated heterocycles. The third-order valence-corrected chi connectivity index (χ3v) is 10.2. The predicted molar refractivity (Wildman–Crippen MR) is 168 cm³/mol. The van der Waals surface area contributed by atoms with Gasteiger partial charge in [-0.1, -0.05) is 86.3 Å². The standard InChI is InChI=1S/C33H40ClN3O4S/c1-4-30(33(39)35-27-16-7-5-8-17-27)36(22-26-15-11-12-20-29(26)34)32(38)23-37(31-21-13-14-24(2)25(31)3)42(40,41)28-18-9-6-10-19-28/h6,9-15,18-21,27,30H,4-5,7-8,16-17,22-23H2,1-3H3,(H,35,39)/t30-/m1/s1. The summed E-state index contributed by atoms with van der Waals surface area (Å²) in [5.74, 6) is -0.713. The summed E-state index contributed by atoms with van der Waals surface area (Å²) < 4.78 is 29.3. The molecule has 1 atom stereocenters. The Morgan fingerprint density at radius 3 is 2.26 bits per heavy atom. The van der Waals surface area contributed by atoms with E-state index < -0.39 is 28.5 Å². The van der Waals surface area contributed by atoms with E-state index in [-0.39, 0.29) is 23.4 Å². The third kappa shape index (κ3) is 7.34. The molecule has 4 rings (SSSR count). The number of rotatable bonds is 11. The molecule has 2 amide bonds. The van der Waals surface area contributed by atoms with E-state index in [9.17, 15) is 18.0 Å². The molecule has 7 nitrogen and oxygen atoms in total. The van der Waals surface area contributed by atoms with Crippen LogP contribution in [0.2, 0.25) is 5.02 Å². The van der Waals surface area contributed by atoms with Crippen LogP contribution in [0.4, 0.5) is 5.69 Å². The van der Waals surface area contributed by atoms with Gasteiger partial charge in [0.15, 0.2) is 0 Å². The molecule has 42 heavy (non-hydrogen) atoms. The Bertz CT molecular complexity index is 1490. The lowest BCUT2D eigenvalue weighted by atomic mass is 9.95. The summed E-state index contributed by atoms with van der Waals surface area (Å²) >= 11 is 6.50. The first-order chi connectivity index (χ1) is 20.1. The molecule has 1 fully saturated rings. The summed E-state index contributed by atoms with van der Waals surface area (Å²) in [5, 5.41) is 3.64. The predicted octanol–water partition coefficient (Wildman–Crippen LogP) is 6.41. The van der Waals surface area contributed by atoms with E-state index in [1.807, 2.05) is 39.0 Å². The monoisotopic (exact) mass is 609 g/mol. The molecule has 1 aliphatic rings. The molecule has 9 heteroatoms. The van der Waals surface area contributed by atoms with Gasteiger partial charge in [0, 0.05) is 17.6 Å². The Balaban J connectivity index is 1.74. The second-order valence-electron chi connectivity index (χ2n) is 10.9. The van der Waals surface area contributed by atoms with Gasteiger partial charge in [0.25, 0.3) is 10.0 Å². The Hall–Kier alpha value is -3.36. The van der Waals surface area contributed by atoms with Crippen molar-refractivity contribution in [2.45, 2.75) is 82.8 Å². The molecule has 3 aromatic carbocycles. The van der Waals surface area contributed by atoms with Crippen LogP contribution in [0.5, 0.6) is 0 Å². The molecule has 1 saturated carbocycles. The number of amides is 2. The topological polar surface area (TPSA) is 86.8 Å². The number of benzene rings is 3. The fourth-order valence-corrected chi connectivity index (χ4v) is 7.20. The van der Waals surface area contributed by atoms with Gasteiger partial charge in [0.2, 0.25) is 11.8 Å². The minimum atomic E-state index is -4.12. The van der Waals surface area contributed by atoms with Gasteiger partial charge >= 0.3 is 0 Å². The first kappa shape index (κ1) is 31.6. The van der Waals surface area contributed by atoms with Crippen LogP contribution < -0.4 is 9.62 Å². The summed E-state index contributed by atoms with van der Waals surface area (Å²) in [4.78, 5) is 29.5. The first-order valence-electron chi connectivity index (χ1n) is 14.6.